The third-order valence-corrected chi connectivity index (χ3v) is 4.52. The highest BCUT2D eigenvalue weighted by atomic mass is 16.2. The van der Waals surface area contributed by atoms with Gasteiger partial charge in [-0.1, -0.05) is 6.07 Å². The Balaban J connectivity index is 1.39. The number of fused-ring (bicyclic) bond motifs is 1. The second-order valence-corrected chi connectivity index (χ2v) is 6.09. The van der Waals surface area contributed by atoms with Gasteiger partial charge in [-0.3, -0.25) is 4.79 Å². The molecule has 0 unspecified atom stereocenters. The molecular weight excluding hydrogens is 302 g/mol. The predicted molar refractivity (Wildman–Crippen MR) is 92.9 cm³/mol. The summed E-state index contributed by atoms with van der Waals surface area (Å²) in [5, 5.41) is 4.53. The predicted octanol–water partition coefficient (Wildman–Crippen LogP) is 2.67. The zero-order valence-corrected chi connectivity index (χ0v) is 13.3. The maximum Gasteiger partial charge on any atom is 0.253 e. The van der Waals surface area contributed by atoms with Crippen LogP contribution in [0.4, 0.5) is 5.82 Å². The molecule has 2 aromatic heterocycles. The molecule has 4 rings (SSSR count). The van der Waals surface area contributed by atoms with E-state index in [2.05, 4.69) is 20.3 Å². The first-order chi connectivity index (χ1) is 11.8. The van der Waals surface area contributed by atoms with Crippen LogP contribution in [0, 0.1) is 0 Å². The molecular formula is C18H19N5O. The number of aromatic nitrogens is 3. The molecule has 3 heterocycles. The van der Waals surface area contributed by atoms with E-state index < -0.39 is 0 Å². The van der Waals surface area contributed by atoms with Crippen LogP contribution < -0.4 is 5.32 Å². The van der Waals surface area contributed by atoms with Crippen molar-refractivity contribution in [1.29, 1.82) is 0 Å². The third kappa shape index (κ3) is 2.95. The molecule has 1 aliphatic heterocycles. The number of benzene rings is 1. The Morgan fingerprint density at radius 3 is 2.88 bits per heavy atom. The molecule has 0 spiro atoms. The molecule has 1 fully saturated rings. The first-order valence-corrected chi connectivity index (χ1v) is 8.18. The molecule has 6 nitrogen and oxygen atoms in total. The van der Waals surface area contributed by atoms with Gasteiger partial charge in [-0.05, 0) is 42.5 Å². The molecule has 122 valence electrons. The maximum absolute atomic E-state index is 12.7. The summed E-state index contributed by atoms with van der Waals surface area (Å²) in [6.45, 7) is 1.51. The summed E-state index contributed by atoms with van der Waals surface area (Å²) in [6, 6.07) is 10.0. The number of aromatic amines is 1. The van der Waals surface area contributed by atoms with Crippen molar-refractivity contribution in [1.82, 2.24) is 19.9 Å². The number of hydrogen-bond donors (Lipinski definition) is 2. The van der Waals surface area contributed by atoms with E-state index in [0.29, 0.717) is 6.04 Å². The summed E-state index contributed by atoms with van der Waals surface area (Å²) in [5.41, 5.74) is 1.74. The highest BCUT2D eigenvalue weighted by Crippen LogP contribution is 2.19. The van der Waals surface area contributed by atoms with Crippen LogP contribution in [-0.2, 0) is 0 Å². The smallest absolute Gasteiger partial charge is 0.253 e. The molecule has 1 aromatic carbocycles. The molecule has 0 radical (unpaired) electrons. The van der Waals surface area contributed by atoms with Gasteiger partial charge in [0.15, 0.2) is 0 Å². The van der Waals surface area contributed by atoms with E-state index >= 15 is 0 Å². The minimum atomic E-state index is 0.104. The van der Waals surface area contributed by atoms with Crippen molar-refractivity contribution in [2.24, 2.45) is 0 Å². The molecule has 0 bridgehead atoms. The fraction of sp³-hybridized carbons (Fsp3) is 0.278. The first kappa shape index (κ1) is 14.7. The van der Waals surface area contributed by atoms with Gasteiger partial charge in [0.2, 0.25) is 0 Å². The van der Waals surface area contributed by atoms with Crippen LogP contribution in [0.2, 0.25) is 0 Å². The van der Waals surface area contributed by atoms with E-state index in [4.69, 9.17) is 0 Å². The number of amides is 1. The third-order valence-electron chi connectivity index (χ3n) is 4.52. The molecule has 1 aliphatic rings. The standard InChI is InChI=1S/C18H19N5O/c24-18(14-2-1-13-3-8-20-16(13)11-14)23-9-5-15(6-10-23)22-17-4-7-19-12-21-17/h1-4,7-8,11-12,15,20H,5-6,9-10H2,(H,19,21,22). The van der Waals surface area contributed by atoms with Crippen molar-refractivity contribution in [3.05, 3.63) is 54.6 Å². The van der Waals surface area contributed by atoms with Crippen LogP contribution in [0.25, 0.3) is 10.9 Å². The number of nitrogens with zero attached hydrogens (tertiary/aromatic N) is 3. The molecule has 2 N–H and O–H groups in total. The lowest BCUT2D eigenvalue weighted by Crippen LogP contribution is -2.42. The number of anilines is 1. The Labute approximate surface area is 139 Å². The number of carbonyl (C=O) groups excluding carboxylic acids is 1. The molecule has 3 aromatic rings. The quantitative estimate of drug-likeness (QED) is 0.778. The number of nitrogens with one attached hydrogen (secondary N) is 2. The molecule has 24 heavy (non-hydrogen) atoms. The molecule has 1 amide bonds. The fourth-order valence-electron chi connectivity index (χ4n) is 3.18. The highest BCUT2D eigenvalue weighted by molar-refractivity contribution is 5.98. The Morgan fingerprint density at radius 2 is 2.08 bits per heavy atom. The van der Waals surface area contributed by atoms with Crippen LogP contribution >= 0.6 is 0 Å². The maximum atomic E-state index is 12.7. The SMILES string of the molecule is O=C(c1ccc2cc[nH]c2c1)N1CCC(Nc2ccncn2)CC1. The monoisotopic (exact) mass is 321 g/mol. The molecule has 0 saturated carbocycles. The van der Waals surface area contributed by atoms with Gasteiger partial charge in [0.1, 0.15) is 12.1 Å². The van der Waals surface area contributed by atoms with Crippen LogP contribution in [0.3, 0.4) is 0 Å². The van der Waals surface area contributed by atoms with Gasteiger partial charge in [0.05, 0.1) is 0 Å². The van der Waals surface area contributed by atoms with Crippen LogP contribution in [0.15, 0.2) is 49.1 Å². The van der Waals surface area contributed by atoms with E-state index in [9.17, 15) is 4.79 Å². The topological polar surface area (TPSA) is 73.9 Å². The van der Waals surface area contributed by atoms with Crippen LogP contribution in [0.5, 0.6) is 0 Å². The van der Waals surface area contributed by atoms with Gasteiger partial charge < -0.3 is 15.2 Å². The average molecular weight is 321 g/mol. The lowest BCUT2D eigenvalue weighted by molar-refractivity contribution is 0.0718. The Hall–Kier alpha value is -2.89. The number of carbonyl (C=O) groups is 1. The van der Waals surface area contributed by atoms with Crippen molar-refractivity contribution in [3.63, 3.8) is 0 Å². The number of likely N-dealkylation sites (tertiary alicyclic amines) is 1. The second kappa shape index (κ2) is 6.31. The number of H-pyrrole nitrogens is 1. The highest BCUT2D eigenvalue weighted by Gasteiger charge is 2.23. The van der Waals surface area contributed by atoms with Gasteiger partial charge in [-0.25, -0.2) is 9.97 Å². The normalized spacial score (nSPS) is 15.6. The lowest BCUT2D eigenvalue weighted by atomic mass is 10.0. The minimum Gasteiger partial charge on any atom is -0.367 e. The van der Waals surface area contributed by atoms with E-state index in [1.54, 1.807) is 6.20 Å². The van der Waals surface area contributed by atoms with E-state index in [-0.39, 0.29) is 5.91 Å². The Kier molecular flexibility index (Phi) is 3.86. The summed E-state index contributed by atoms with van der Waals surface area (Å²) in [5.74, 6) is 0.943. The van der Waals surface area contributed by atoms with Gasteiger partial charge in [-0.15, -0.1) is 0 Å². The van der Waals surface area contributed by atoms with Crippen molar-refractivity contribution in [2.75, 3.05) is 18.4 Å². The Morgan fingerprint density at radius 1 is 1.21 bits per heavy atom. The summed E-state index contributed by atoms with van der Waals surface area (Å²) < 4.78 is 0. The van der Waals surface area contributed by atoms with Gasteiger partial charge in [0, 0.05) is 42.6 Å². The van der Waals surface area contributed by atoms with Gasteiger partial charge in [0.25, 0.3) is 5.91 Å². The average Bonchev–Trinajstić information content (AvgIpc) is 3.10. The lowest BCUT2D eigenvalue weighted by Gasteiger charge is -2.32. The zero-order valence-electron chi connectivity index (χ0n) is 13.3. The molecule has 0 atom stereocenters. The van der Waals surface area contributed by atoms with E-state index in [1.807, 2.05) is 41.4 Å². The fourth-order valence-corrected chi connectivity index (χ4v) is 3.18. The Bertz CT molecular complexity index is 837. The van der Waals surface area contributed by atoms with E-state index in [0.717, 1.165) is 48.2 Å². The van der Waals surface area contributed by atoms with Crippen molar-refractivity contribution in [3.8, 4) is 0 Å². The molecule has 6 heteroatoms. The van der Waals surface area contributed by atoms with Crippen LogP contribution in [0.1, 0.15) is 23.2 Å². The number of rotatable bonds is 3. The van der Waals surface area contributed by atoms with Crippen molar-refractivity contribution >= 4 is 22.6 Å². The minimum absolute atomic E-state index is 0.104. The second-order valence-electron chi connectivity index (χ2n) is 6.09. The number of hydrogen-bond acceptors (Lipinski definition) is 4. The summed E-state index contributed by atoms with van der Waals surface area (Å²) in [6.07, 6.45) is 6.99. The first-order valence-electron chi connectivity index (χ1n) is 8.18. The van der Waals surface area contributed by atoms with E-state index in [1.165, 1.54) is 6.33 Å². The zero-order chi connectivity index (χ0) is 16.4. The summed E-state index contributed by atoms with van der Waals surface area (Å²) in [4.78, 5) is 25.9. The van der Waals surface area contributed by atoms with Gasteiger partial charge >= 0.3 is 0 Å². The van der Waals surface area contributed by atoms with Crippen molar-refractivity contribution < 1.29 is 4.79 Å². The summed E-state index contributed by atoms with van der Waals surface area (Å²) in [7, 11) is 0. The molecule has 1 saturated heterocycles. The van der Waals surface area contributed by atoms with Crippen molar-refractivity contribution in [2.45, 2.75) is 18.9 Å². The largest absolute Gasteiger partial charge is 0.367 e. The van der Waals surface area contributed by atoms with Crippen LogP contribution in [-0.4, -0.2) is 44.9 Å². The number of piperidine rings is 1. The summed E-state index contributed by atoms with van der Waals surface area (Å²) >= 11 is 0. The van der Waals surface area contributed by atoms with Gasteiger partial charge in [-0.2, -0.15) is 0 Å². The molecule has 0 aliphatic carbocycles.